The van der Waals surface area contributed by atoms with Crippen LogP contribution in [0.1, 0.15) is 13.3 Å². The molecule has 0 saturated carbocycles. The van der Waals surface area contributed by atoms with Gasteiger partial charge >= 0.3 is 9.28 Å². The molecule has 0 aliphatic rings. The third-order valence-electron chi connectivity index (χ3n) is 2.35. The molecule has 0 aliphatic carbocycles. The van der Waals surface area contributed by atoms with Gasteiger partial charge in [-0.2, -0.15) is 0 Å². The van der Waals surface area contributed by atoms with Crippen molar-refractivity contribution in [3.8, 4) is 0 Å². The number of nitrogens with two attached hydrogens (primary N) is 2. The Hall–Kier alpha value is 0.0569. The van der Waals surface area contributed by atoms with E-state index in [0.717, 1.165) is 12.5 Å². The summed E-state index contributed by atoms with van der Waals surface area (Å²) >= 11 is 0. The normalized spacial score (nSPS) is 16.2. The molecular formula is C8H22N2O2Si. The zero-order valence-corrected chi connectivity index (χ0v) is 9.98. The summed E-state index contributed by atoms with van der Waals surface area (Å²) in [5.74, 6) is 0.389. The highest BCUT2D eigenvalue weighted by atomic mass is 28.3. The molecule has 5 heteroatoms. The highest BCUT2D eigenvalue weighted by Gasteiger charge is 2.16. The van der Waals surface area contributed by atoms with Gasteiger partial charge in [0.2, 0.25) is 0 Å². The van der Waals surface area contributed by atoms with Crippen LogP contribution in [0, 0.1) is 5.92 Å². The Bertz CT molecular complexity index is 121. The highest BCUT2D eigenvalue weighted by molar-refractivity contribution is 6.44. The Labute approximate surface area is 82.4 Å². The fourth-order valence-corrected chi connectivity index (χ4v) is 2.64. The lowest BCUT2D eigenvalue weighted by Gasteiger charge is -2.20. The van der Waals surface area contributed by atoms with Gasteiger partial charge in [0.1, 0.15) is 0 Å². The van der Waals surface area contributed by atoms with Crippen LogP contribution in [0.4, 0.5) is 0 Å². The van der Waals surface area contributed by atoms with E-state index in [1.165, 1.54) is 0 Å². The molecule has 0 amide bonds. The minimum atomic E-state index is -1.41. The lowest BCUT2D eigenvalue weighted by atomic mass is 10.00. The average molecular weight is 206 g/mol. The Morgan fingerprint density at radius 2 is 1.85 bits per heavy atom. The fourth-order valence-electron chi connectivity index (χ4n) is 1.28. The van der Waals surface area contributed by atoms with E-state index in [4.69, 9.17) is 20.3 Å². The molecule has 0 spiro atoms. The topological polar surface area (TPSA) is 70.5 Å². The van der Waals surface area contributed by atoms with Crippen molar-refractivity contribution in [2.45, 2.75) is 25.4 Å². The lowest BCUT2D eigenvalue weighted by Crippen LogP contribution is -2.33. The Balaban J connectivity index is 3.69. The van der Waals surface area contributed by atoms with Gasteiger partial charge in [-0.3, -0.25) is 0 Å². The molecule has 0 aromatic carbocycles. The standard InChI is InChI=1S/C8H22N2O2Si/c1-7(10)8(6-9)4-5-13(11-2)12-3/h7-8,13H,4-6,9-10H2,1-3H3. The summed E-state index contributed by atoms with van der Waals surface area (Å²) in [6.07, 6.45) is 1.01. The SMILES string of the molecule is CO[SiH](CCC(CN)C(C)N)OC. The maximum atomic E-state index is 5.77. The smallest absolute Gasteiger partial charge is 0.320 e. The predicted octanol–water partition coefficient (Wildman–Crippen LogP) is -0.188. The second-order valence-corrected chi connectivity index (χ2v) is 5.71. The largest absolute Gasteiger partial charge is 0.400 e. The summed E-state index contributed by atoms with van der Waals surface area (Å²) in [6, 6.07) is 1.14. The third kappa shape index (κ3) is 5.38. The molecule has 2 unspecified atom stereocenters. The van der Waals surface area contributed by atoms with E-state index in [2.05, 4.69) is 0 Å². The lowest BCUT2D eigenvalue weighted by molar-refractivity contribution is 0.271. The first-order chi connectivity index (χ1) is 6.15. The number of hydrogen-bond donors (Lipinski definition) is 2. The monoisotopic (exact) mass is 206 g/mol. The van der Waals surface area contributed by atoms with Crippen molar-refractivity contribution >= 4 is 9.28 Å². The van der Waals surface area contributed by atoms with Gasteiger partial charge in [-0.05, 0) is 31.9 Å². The van der Waals surface area contributed by atoms with Gasteiger partial charge in [0.15, 0.2) is 0 Å². The van der Waals surface area contributed by atoms with Crippen LogP contribution in [-0.4, -0.2) is 36.1 Å². The van der Waals surface area contributed by atoms with Gasteiger partial charge in [-0.25, -0.2) is 0 Å². The summed E-state index contributed by atoms with van der Waals surface area (Å²) in [6.45, 7) is 2.64. The average Bonchev–Trinajstić information content (AvgIpc) is 2.12. The molecule has 13 heavy (non-hydrogen) atoms. The van der Waals surface area contributed by atoms with Gasteiger partial charge in [0.25, 0.3) is 0 Å². The minimum Gasteiger partial charge on any atom is -0.400 e. The molecule has 2 atom stereocenters. The van der Waals surface area contributed by atoms with E-state index < -0.39 is 9.28 Å². The van der Waals surface area contributed by atoms with Gasteiger partial charge in [-0.15, -0.1) is 0 Å². The number of rotatable bonds is 7. The van der Waals surface area contributed by atoms with Crippen LogP contribution >= 0.6 is 0 Å². The van der Waals surface area contributed by atoms with E-state index in [9.17, 15) is 0 Å². The Morgan fingerprint density at radius 3 is 2.15 bits per heavy atom. The van der Waals surface area contributed by atoms with Gasteiger partial charge in [-0.1, -0.05) is 0 Å². The van der Waals surface area contributed by atoms with Gasteiger partial charge < -0.3 is 20.3 Å². The quantitative estimate of drug-likeness (QED) is 0.567. The maximum absolute atomic E-state index is 5.77. The molecular weight excluding hydrogens is 184 g/mol. The second kappa shape index (κ2) is 7.46. The Kier molecular flexibility index (Phi) is 7.49. The first kappa shape index (κ1) is 13.1. The maximum Gasteiger partial charge on any atom is 0.320 e. The van der Waals surface area contributed by atoms with Crippen LogP contribution in [0.15, 0.2) is 0 Å². The zero-order valence-electron chi connectivity index (χ0n) is 8.82. The molecule has 4 nitrogen and oxygen atoms in total. The molecule has 0 heterocycles. The van der Waals surface area contributed by atoms with E-state index in [1.807, 2.05) is 6.92 Å². The molecule has 0 fully saturated rings. The van der Waals surface area contributed by atoms with Crippen molar-refractivity contribution in [1.29, 1.82) is 0 Å². The summed E-state index contributed by atoms with van der Waals surface area (Å²) in [5, 5.41) is 0. The van der Waals surface area contributed by atoms with Gasteiger partial charge in [0, 0.05) is 20.3 Å². The van der Waals surface area contributed by atoms with Crippen molar-refractivity contribution in [3.05, 3.63) is 0 Å². The fraction of sp³-hybridized carbons (Fsp3) is 1.00. The number of hydrogen-bond acceptors (Lipinski definition) is 4. The molecule has 0 aromatic rings. The molecule has 80 valence electrons. The van der Waals surface area contributed by atoms with Crippen LogP contribution in [0.2, 0.25) is 6.04 Å². The van der Waals surface area contributed by atoms with Crippen LogP contribution in [0.5, 0.6) is 0 Å². The summed E-state index contributed by atoms with van der Waals surface area (Å²) < 4.78 is 10.4. The van der Waals surface area contributed by atoms with Crippen LogP contribution in [-0.2, 0) is 8.85 Å². The van der Waals surface area contributed by atoms with Crippen molar-refractivity contribution in [1.82, 2.24) is 0 Å². The molecule has 0 aromatic heterocycles. The predicted molar refractivity (Wildman–Crippen MR) is 56.8 cm³/mol. The molecule has 0 aliphatic heterocycles. The zero-order chi connectivity index (χ0) is 10.3. The molecule has 0 bridgehead atoms. The summed E-state index contributed by atoms with van der Waals surface area (Å²) in [5.41, 5.74) is 11.4. The van der Waals surface area contributed by atoms with Crippen molar-refractivity contribution in [2.24, 2.45) is 17.4 Å². The third-order valence-corrected chi connectivity index (χ3v) is 4.20. The minimum absolute atomic E-state index is 0.161. The van der Waals surface area contributed by atoms with E-state index in [-0.39, 0.29) is 6.04 Å². The highest BCUT2D eigenvalue weighted by Crippen LogP contribution is 2.11. The first-order valence-corrected chi connectivity index (χ1v) is 6.42. The van der Waals surface area contributed by atoms with Gasteiger partial charge in [0.05, 0.1) is 0 Å². The van der Waals surface area contributed by atoms with E-state index in [1.54, 1.807) is 14.2 Å². The molecule has 0 radical (unpaired) electrons. The molecule has 0 saturated heterocycles. The van der Waals surface area contributed by atoms with Crippen molar-refractivity contribution in [3.63, 3.8) is 0 Å². The molecule has 0 rings (SSSR count). The van der Waals surface area contributed by atoms with Crippen molar-refractivity contribution < 1.29 is 8.85 Å². The second-order valence-electron chi connectivity index (χ2n) is 3.33. The van der Waals surface area contributed by atoms with Crippen molar-refractivity contribution in [2.75, 3.05) is 20.8 Å². The van der Waals surface area contributed by atoms with Crippen LogP contribution < -0.4 is 11.5 Å². The molecule has 4 N–H and O–H groups in total. The van der Waals surface area contributed by atoms with Crippen LogP contribution in [0.25, 0.3) is 0 Å². The summed E-state index contributed by atoms with van der Waals surface area (Å²) in [4.78, 5) is 0. The Morgan fingerprint density at radius 1 is 1.31 bits per heavy atom. The van der Waals surface area contributed by atoms with Crippen LogP contribution in [0.3, 0.4) is 0 Å². The van der Waals surface area contributed by atoms with E-state index >= 15 is 0 Å². The first-order valence-electron chi connectivity index (χ1n) is 4.66. The van der Waals surface area contributed by atoms with E-state index in [0.29, 0.717) is 12.5 Å². The summed E-state index contributed by atoms with van der Waals surface area (Å²) in [7, 11) is 1.98.